The van der Waals surface area contributed by atoms with Crippen molar-refractivity contribution < 1.29 is 4.79 Å². The molecule has 0 spiro atoms. The van der Waals surface area contributed by atoms with E-state index in [1.807, 2.05) is 18.9 Å². The summed E-state index contributed by atoms with van der Waals surface area (Å²) >= 11 is 1.59. The molecule has 0 aromatic carbocycles. The molecule has 1 aromatic heterocycles. The number of rotatable bonds is 6. The first kappa shape index (κ1) is 22.6. The van der Waals surface area contributed by atoms with E-state index in [1.165, 1.54) is 6.42 Å². The van der Waals surface area contributed by atoms with Crippen molar-refractivity contribution in [2.24, 2.45) is 5.92 Å². The maximum Gasteiger partial charge on any atom is 0.265 e. The Bertz CT molecular complexity index is 474. The van der Waals surface area contributed by atoms with E-state index in [4.69, 9.17) is 0 Å². The molecule has 1 saturated heterocycles. The third-order valence-corrected chi connectivity index (χ3v) is 5.41. The smallest absolute Gasteiger partial charge is 0.265 e. The Labute approximate surface area is 156 Å². The Balaban J connectivity index is 0.00000242. The number of nitrogens with one attached hydrogen (secondary N) is 1. The van der Waals surface area contributed by atoms with Crippen molar-refractivity contribution >= 4 is 42.1 Å². The van der Waals surface area contributed by atoms with Crippen LogP contribution in [0.15, 0.2) is 0 Å². The van der Waals surface area contributed by atoms with Gasteiger partial charge in [0.1, 0.15) is 4.88 Å². The topological polar surface area (TPSA) is 45.2 Å². The molecular weight excluding hydrogens is 353 g/mol. The quantitative estimate of drug-likeness (QED) is 0.816. The molecule has 0 aliphatic carbocycles. The summed E-state index contributed by atoms with van der Waals surface area (Å²) in [4.78, 5) is 20.1. The lowest BCUT2D eigenvalue weighted by Gasteiger charge is -2.31. The van der Waals surface area contributed by atoms with Crippen LogP contribution in [-0.4, -0.2) is 42.5 Å². The number of hydrogen-bond acceptors (Lipinski definition) is 4. The molecule has 1 aromatic rings. The summed E-state index contributed by atoms with van der Waals surface area (Å²) in [6, 6.07) is 0. The molecule has 0 radical (unpaired) electrons. The van der Waals surface area contributed by atoms with Crippen molar-refractivity contribution in [1.29, 1.82) is 0 Å². The highest BCUT2D eigenvalue weighted by atomic mass is 35.5. The number of hydrogen-bond donors (Lipinski definition) is 1. The van der Waals surface area contributed by atoms with Gasteiger partial charge in [0.25, 0.3) is 5.91 Å². The lowest BCUT2D eigenvalue weighted by atomic mass is 9.93. The van der Waals surface area contributed by atoms with Gasteiger partial charge in [0, 0.05) is 13.1 Å². The number of halogens is 2. The van der Waals surface area contributed by atoms with Crippen LogP contribution < -0.4 is 5.32 Å². The second-order valence-corrected chi connectivity index (χ2v) is 6.98. The number of thiazole rings is 1. The summed E-state index contributed by atoms with van der Waals surface area (Å²) in [5, 5.41) is 4.31. The van der Waals surface area contributed by atoms with Crippen LogP contribution in [0.4, 0.5) is 0 Å². The number of aromatic nitrogens is 1. The van der Waals surface area contributed by atoms with E-state index < -0.39 is 0 Å². The van der Waals surface area contributed by atoms with Gasteiger partial charge in [0.2, 0.25) is 0 Å². The monoisotopic (exact) mass is 381 g/mol. The zero-order valence-corrected chi connectivity index (χ0v) is 16.7. The highest BCUT2D eigenvalue weighted by Gasteiger charge is 2.26. The van der Waals surface area contributed by atoms with E-state index >= 15 is 0 Å². The number of piperidine rings is 1. The van der Waals surface area contributed by atoms with Crippen molar-refractivity contribution in [1.82, 2.24) is 15.2 Å². The fourth-order valence-electron chi connectivity index (χ4n) is 2.89. The molecule has 23 heavy (non-hydrogen) atoms. The fraction of sp³-hybridized carbons (Fsp3) is 0.750. The minimum Gasteiger partial charge on any atom is -0.338 e. The average Bonchev–Trinajstić information content (AvgIpc) is 2.86. The highest BCUT2D eigenvalue weighted by Crippen LogP contribution is 2.25. The number of aryl methyl sites for hydroxylation is 2. The van der Waals surface area contributed by atoms with Crippen LogP contribution in [0.2, 0.25) is 0 Å². The Morgan fingerprint density at radius 1 is 1.35 bits per heavy atom. The first-order valence-corrected chi connectivity index (χ1v) is 8.87. The predicted octanol–water partition coefficient (Wildman–Crippen LogP) is 3.71. The van der Waals surface area contributed by atoms with Gasteiger partial charge in [0.15, 0.2) is 0 Å². The van der Waals surface area contributed by atoms with Gasteiger partial charge in [-0.15, -0.1) is 36.2 Å². The molecular formula is C16H29Cl2N3OS. The van der Waals surface area contributed by atoms with Crippen molar-refractivity contribution in [3.05, 3.63) is 15.6 Å². The Morgan fingerprint density at radius 2 is 2.00 bits per heavy atom. The van der Waals surface area contributed by atoms with Crippen molar-refractivity contribution in [3.8, 4) is 0 Å². The van der Waals surface area contributed by atoms with Gasteiger partial charge in [0.05, 0.1) is 10.7 Å². The molecule has 4 nitrogen and oxygen atoms in total. The van der Waals surface area contributed by atoms with E-state index in [1.54, 1.807) is 11.3 Å². The van der Waals surface area contributed by atoms with Gasteiger partial charge in [-0.2, -0.15) is 0 Å². The van der Waals surface area contributed by atoms with Crippen molar-refractivity contribution in [2.45, 2.75) is 46.0 Å². The third kappa shape index (κ3) is 6.22. The minimum absolute atomic E-state index is 0. The fourth-order valence-corrected chi connectivity index (χ4v) is 4.02. The van der Waals surface area contributed by atoms with Gasteiger partial charge in [-0.1, -0.05) is 6.92 Å². The Morgan fingerprint density at radius 3 is 2.57 bits per heavy atom. The molecule has 1 aliphatic heterocycles. The number of likely N-dealkylation sites (tertiary alicyclic amines) is 1. The second kappa shape index (κ2) is 11.2. The zero-order chi connectivity index (χ0) is 15.2. The van der Waals surface area contributed by atoms with Crippen LogP contribution in [0.1, 0.15) is 53.0 Å². The summed E-state index contributed by atoms with van der Waals surface area (Å²) in [5.41, 5.74) is 0.908. The molecule has 1 fully saturated rings. The summed E-state index contributed by atoms with van der Waals surface area (Å²) < 4.78 is 0. The van der Waals surface area contributed by atoms with E-state index in [9.17, 15) is 4.79 Å². The van der Waals surface area contributed by atoms with Gasteiger partial charge in [-0.25, -0.2) is 4.98 Å². The highest BCUT2D eigenvalue weighted by molar-refractivity contribution is 7.13. The lowest BCUT2D eigenvalue weighted by Crippen LogP contribution is -2.38. The van der Waals surface area contributed by atoms with Crippen LogP contribution in [0.3, 0.4) is 0 Å². The summed E-state index contributed by atoms with van der Waals surface area (Å²) in [6.07, 6.45) is 5.54. The molecule has 0 saturated carbocycles. The molecule has 0 atom stereocenters. The number of carbonyl (C=O) groups is 1. The van der Waals surface area contributed by atoms with E-state index in [0.29, 0.717) is 0 Å². The number of amides is 1. The molecule has 0 bridgehead atoms. The SMILES string of the molecule is CCCc1nc(C)c(C(=O)N2CCC(CCNC)CC2)s1.Cl.Cl. The molecule has 2 heterocycles. The molecule has 1 aliphatic rings. The molecule has 7 heteroatoms. The summed E-state index contributed by atoms with van der Waals surface area (Å²) in [7, 11) is 2.00. The van der Waals surface area contributed by atoms with Gasteiger partial charge in [-0.3, -0.25) is 4.79 Å². The first-order chi connectivity index (χ1) is 10.2. The minimum atomic E-state index is 0. The van der Waals surface area contributed by atoms with Crippen LogP contribution >= 0.6 is 36.2 Å². The van der Waals surface area contributed by atoms with Crippen LogP contribution in [0, 0.1) is 12.8 Å². The predicted molar refractivity (Wildman–Crippen MR) is 103 cm³/mol. The summed E-state index contributed by atoms with van der Waals surface area (Å²) in [5.74, 6) is 0.958. The zero-order valence-electron chi connectivity index (χ0n) is 14.3. The molecule has 0 unspecified atom stereocenters. The number of carbonyl (C=O) groups excluding carboxylic acids is 1. The van der Waals surface area contributed by atoms with Gasteiger partial charge >= 0.3 is 0 Å². The third-order valence-electron chi connectivity index (χ3n) is 4.20. The van der Waals surface area contributed by atoms with Gasteiger partial charge < -0.3 is 10.2 Å². The normalized spacial score (nSPS) is 15.0. The van der Waals surface area contributed by atoms with E-state index in [0.717, 1.165) is 66.8 Å². The average molecular weight is 382 g/mol. The Kier molecular flexibility index (Phi) is 11.1. The number of nitrogens with zero attached hydrogens (tertiary/aromatic N) is 2. The van der Waals surface area contributed by atoms with Crippen LogP contribution in [0.25, 0.3) is 0 Å². The maximum atomic E-state index is 12.6. The van der Waals surface area contributed by atoms with Gasteiger partial charge in [-0.05, 0) is 58.5 Å². The van der Waals surface area contributed by atoms with E-state index in [2.05, 4.69) is 17.2 Å². The second-order valence-electron chi connectivity index (χ2n) is 5.90. The lowest BCUT2D eigenvalue weighted by molar-refractivity contribution is 0.0691. The first-order valence-electron chi connectivity index (χ1n) is 8.05. The molecule has 134 valence electrons. The van der Waals surface area contributed by atoms with Crippen LogP contribution in [-0.2, 0) is 6.42 Å². The standard InChI is InChI=1S/C16H27N3OS.2ClH/c1-4-5-14-18-12(2)15(21-14)16(20)19-10-7-13(8-11-19)6-9-17-3;;/h13,17H,4-11H2,1-3H3;2*1H. The molecule has 2 rings (SSSR count). The summed E-state index contributed by atoms with van der Waals surface area (Å²) in [6.45, 7) is 6.98. The maximum absolute atomic E-state index is 12.6. The molecule has 1 N–H and O–H groups in total. The largest absolute Gasteiger partial charge is 0.338 e. The Hall–Kier alpha value is -0.360. The van der Waals surface area contributed by atoms with E-state index in [-0.39, 0.29) is 30.7 Å². The molecule has 1 amide bonds. The van der Waals surface area contributed by atoms with Crippen molar-refractivity contribution in [3.63, 3.8) is 0 Å². The van der Waals surface area contributed by atoms with Crippen molar-refractivity contribution in [2.75, 3.05) is 26.7 Å². The van der Waals surface area contributed by atoms with Crippen LogP contribution in [0.5, 0.6) is 0 Å².